The number of anilines is 1. The van der Waals surface area contributed by atoms with Crippen molar-refractivity contribution in [1.29, 1.82) is 0 Å². The molecule has 74 valence electrons. The first kappa shape index (κ1) is 9.86. The summed E-state index contributed by atoms with van der Waals surface area (Å²) in [6, 6.07) is 7.41. The van der Waals surface area contributed by atoms with Gasteiger partial charge in [0.25, 0.3) is 0 Å². The Hall–Kier alpha value is -0.680. The van der Waals surface area contributed by atoms with Crippen LogP contribution in [0.3, 0.4) is 0 Å². The van der Waals surface area contributed by atoms with Crippen LogP contribution in [-0.2, 0) is 15.6 Å². The van der Waals surface area contributed by atoms with Gasteiger partial charge in [0, 0.05) is 10.2 Å². The Bertz CT molecular complexity index is 390. The molecule has 1 aromatic carbocycles. The number of carbonyl (C=O) groups excluding carboxylic acids is 1. The molecule has 3 nitrogen and oxygen atoms in total. The second-order valence-corrected chi connectivity index (χ2v) is 5.35. The average Bonchev–Trinajstić information content (AvgIpc) is 2.47. The van der Waals surface area contributed by atoms with Gasteiger partial charge in [0.15, 0.2) is 0 Å². The van der Waals surface area contributed by atoms with E-state index >= 15 is 0 Å². The minimum Gasteiger partial charge on any atom is -0.299 e. The molecule has 1 fully saturated rings. The largest absolute Gasteiger partial charge is 0.299 e. The van der Waals surface area contributed by atoms with E-state index in [2.05, 4.69) is 15.9 Å². The van der Waals surface area contributed by atoms with Gasteiger partial charge in [-0.2, -0.15) is 0 Å². The number of hydrogen-bond donors (Lipinski definition) is 0. The molecule has 1 atom stereocenters. The molecule has 0 radical (unpaired) electrons. The Balaban J connectivity index is 2.27. The number of rotatable bonds is 1. The first-order valence-corrected chi connectivity index (χ1v) is 6.36. The molecule has 0 bridgehead atoms. The highest BCUT2D eigenvalue weighted by molar-refractivity contribution is 9.10. The van der Waals surface area contributed by atoms with Gasteiger partial charge in [-0.1, -0.05) is 15.9 Å². The van der Waals surface area contributed by atoms with Crippen molar-refractivity contribution in [2.24, 2.45) is 0 Å². The van der Waals surface area contributed by atoms with E-state index < -0.39 is 10.8 Å². The SMILES string of the molecule is O=C1CS(=O)CN1c1ccc(Br)cc1. The summed E-state index contributed by atoms with van der Waals surface area (Å²) >= 11 is 3.32. The summed E-state index contributed by atoms with van der Waals surface area (Å²) < 4.78 is 12.1. The lowest BCUT2D eigenvalue weighted by Gasteiger charge is -2.13. The van der Waals surface area contributed by atoms with Gasteiger partial charge in [-0.15, -0.1) is 0 Å². The van der Waals surface area contributed by atoms with Crippen LogP contribution in [0.15, 0.2) is 28.7 Å². The van der Waals surface area contributed by atoms with Gasteiger partial charge in [-0.05, 0) is 24.3 Å². The quantitative estimate of drug-likeness (QED) is 0.778. The maximum Gasteiger partial charge on any atom is 0.240 e. The van der Waals surface area contributed by atoms with Crippen LogP contribution in [0.5, 0.6) is 0 Å². The number of benzene rings is 1. The van der Waals surface area contributed by atoms with Crippen molar-refractivity contribution in [3.05, 3.63) is 28.7 Å². The predicted molar refractivity (Wildman–Crippen MR) is 59.5 cm³/mol. The maximum absolute atomic E-state index is 11.4. The van der Waals surface area contributed by atoms with Gasteiger partial charge >= 0.3 is 0 Å². The Labute approximate surface area is 92.7 Å². The Morgan fingerprint density at radius 1 is 1.29 bits per heavy atom. The molecule has 14 heavy (non-hydrogen) atoms. The van der Waals surface area contributed by atoms with Gasteiger partial charge < -0.3 is 0 Å². The van der Waals surface area contributed by atoms with Gasteiger partial charge in [0.05, 0.1) is 10.8 Å². The fourth-order valence-electron chi connectivity index (χ4n) is 1.32. The zero-order valence-corrected chi connectivity index (χ0v) is 9.68. The molecule has 5 heteroatoms. The first-order chi connectivity index (χ1) is 6.66. The average molecular weight is 274 g/mol. The molecule has 1 aliphatic heterocycles. The van der Waals surface area contributed by atoms with Crippen molar-refractivity contribution in [1.82, 2.24) is 0 Å². The van der Waals surface area contributed by atoms with Gasteiger partial charge in [-0.3, -0.25) is 13.9 Å². The summed E-state index contributed by atoms with van der Waals surface area (Å²) in [7, 11) is -1.02. The molecule has 0 spiro atoms. The standard InChI is InChI=1S/C9H8BrNO2S/c10-7-1-3-8(4-2-7)11-6-14(13)5-9(11)12/h1-4H,5-6H2. The molecule has 0 aromatic heterocycles. The van der Waals surface area contributed by atoms with Crippen LogP contribution in [0.25, 0.3) is 0 Å². The first-order valence-electron chi connectivity index (χ1n) is 4.08. The summed E-state index contributed by atoms with van der Waals surface area (Å²) in [5, 5.41) is 0. The van der Waals surface area contributed by atoms with Gasteiger partial charge in [0.1, 0.15) is 11.6 Å². The summed E-state index contributed by atoms with van der Waals surface area (Å²) in [5.41, 5.74) is 0.809. The van der Waals surface area contributed by atoms with Crippen molar-refractivity contribution < 1.29 is 9.00 Å². The van der Waals surface area contributed by atoms with Crippen molar-refractivity contribution in [3.63, 3.8) is 0 Å². The minimum atomic E-state index is -1.02. The lowest BCUT2D eigenvalue weighted by molar-refractivity contribution is -0.115. The van der Waals surface area contributed by atoms with Crippen LogP contribution in [0, 0.1) is 0 Å². The van der Waals surface area contributed by atoms with Gasteiger partial charge in [0.2, 0.25) is 5.91 Å². The van der Waals surface area contributed by atoms with Crippen molar-refractivity contribution >= 4 is 38.3 Å². The van der Waals surface area contributed by atoms with Crippen LogP contribution in [0.4, 0.5) is 5.69 Å². The molecular formula is C9H8BrNO2S. The highest BCUT2D eigenvalue weighted by Crippen LogP contribution is 2.21. The summed E-state index contributed by atoms with van der Waals surface area (Å²) in [6.45, 7) is 0. The van der Waals surface area contributed by atoms with Crippen LogP contribution < -0.4 is 4.90 Å². The highest BCUT2D eigenvalue weighted by atomic mass is 79.9. The zero-order chi connectivity index (χ0) is 10.1. The number of halogens is 1. The lowest BCUT2D eigenvalue weighted by atomic mass is 10.3. The molecule has 1 aromatic rings. The molecule has 1 unspecified atom stereocenters. The molecule has 1 heterocycles. The Morgan fingerprint density at radius 3 is 2.43 bits per heavy atom. The predicted octanol–water partition coefficient (Wildman–Crippen LogP) is 1.50. The maximum atomic E-state index is 11.4. The zero-order valence-electron chi connectivity index (χ0n) is 7.27. The molecule has 1 amide bonds. The molecule has 2 rings (SSSR count). The molecule has 1 aliphatic rings. The molecule has 0 aliphatic carbocycles. The van der Waals surface area contributed by atoms with Crippen molar-refractivity contribution in [3.8, 4) is 0 Å². The third-order valence-corrected chi connectivity index (χ3v) is 3.64. The van der Waals surface area contributed by atoms with E-state index in [0.717, 1.165) is 10.2 Å². The monoisotopic (exact) mass is 273 g/mol. The number of amides is 1. The van der Waals surface area contributed by atoms with E-state index in [4.69, 9.17) is 0 Å². The topological polar surface area (TPSA) is 37.4 Å². The second-order valence-electron chi connectivity index (χ2n) is 3.01. The minimum absolute atomic E-state index is 0.0642. The van der Waals surface area contributed by atoms with E-state index in [0.29, 0.717) is 5.88 Å². The molecule has 0 saturated carbocycles. The van der Waals surface area contributed by atoms with Crippen LogP contribution in [0.1, 0.15) is 0 Å². The summed E-state index contributed by atoms with van der Waals surface area (Å²) in [5.74, 6) is 0.405. The molecule has 1 saturated heterocycles. The second kappa shape index (κ2) is 3.82. The molecular weight excluding hydrogens is 266 g/mol. The van der Waals surface area contributed by atoms with Crippen LogP contribution in [0.2, 0.25) is 0 Å². The summed E-state index contributed by atoms with van der Waals surface area (Å²) in [4.78, 5) is 12.9. The van der Waals surface area contributed by atoms with Crippen LogP contribution >= 0.6 is 15.9 Å². The van der Waals surface area contributed by atoms with Crippen molar-refractivity contribution in [2.75, 3.05) is 16.5 Å². The smallest absolute Gasteiger partial charge is 0.240 e. The number of nitrogens with zero attached hydrogens (tertiary/aromatic N) is 1. The van der Waals surface area contributed by atoms with Gasteiger partial charge in [-0.25, -0.2) is 0 Å². The van der Waals surface area contributed by atoms with Crippen molar-refractivity contribution in [2.45, 2.75) is 0 Å². The van der Waals surface area contributed by atoms with E-state index in [9.17, 15) is 9.00 Å². The summed E-state index contributed by atoms with van der Waals surface area (Å²) in [6.07, 6.45) is 0. The number of carbonyl (C=O) groups is 1. The van der Waals surface area contributed by atoms with E-state index in [1.54, 1.807) is 4.90 Å². The fraction of sp³-hybridized carbons (Fsp3) is 0.222. The lowest BCUT2D eigenvalue weighted by Crippen LogP contribution is -2.24. The van der Waals surface area contributed by atoms with E-state index in [-0.39, 0.29) is 11.7 Å². The highest BCUT2D eigenvalue weighted by Gasteiger charge is 2.27. The number of hydrogen-bond acceptors (Lipinski definition) is 2. The third-order valence-electron chi connectivity index (χ3n) is 2.00. The van der Waals surface area contributed by atoms with E-state index in [1.165, 1.54) is 0 Å². The Morgan fingerprint density at radius 2 is 1.93 bits per heavy atom. The normalized spacial score (nSPS) is 21.6. The van der Waals surface area contributed by atoms with Crippen LogP contribution in [-0.4, -0.2) is 21.7 Å². The molecule has 0 N–H and O–H groups in total. The fourth-order valence-corrected chi connectivity index (χ4v) is 2.68. The van der Waals surface area contributed by atoms with E-state index in [1.807, 2.05) is 24.3 Å². The Kier molecular flexibility index (Phi) is 2.69. The third kappa shape index (κ3) is 1.88.